The number of nitrogens with one attached hydrogen (secondary N) is 1. The summed E-state index contributed by atoms with van der Waals surface area (Å²) in [5.41, 5.74) is 2.07. The van der Waals surface area contributed by atoms with Gasteiger partial charge in [-0.25, -0.2) is 0 Å². The molecule has 31 heavy (non-hydrogen) atoms. The Balaban J connectivity index is 1.70. The van der Waals surface area contributed by atoms with Gasteiger partial charge in [0.2, 0.25) is 0 Å². The maximum Gasteiger partial charge on any atom is 0.291 e. The van der Waals surface area contributed by atoms with Gasteiger partial charge in [0.25, 0.3) is 11.6 Å². The van der Waals surface area contributed by atoms with E-state index >= 15 is 0 Å². The summed E-state index contributed by atoms with van der Waals surface area (Å²) in [5, 5.41) is 22.6. The Labute approximate surface area is 179 Å². The number of nitro groups is 1. The van der Waals surface area contributed by atoms with E-state index in [9.17, 15) is 20.2 Å². The Bertz CT molecular complexity index is 1170. The number of hydrogen-bond acceptors (Lipinski definition) is 6. The van der Waals surface area contributed by atoms with Crippen LogP contribution in [0.1, 0.15) is 52.8 Å². The van der Waals surface area contributed by atoms with E-state index in [4.69, 9.17) is 9.15 Å². The van der Waals surface area contributed by atoms with Crippen LogP contribution in [0, 0.1) is 28.4 Å². The topological polar surface area (TPSA) is 118 Å². The Morgan fingerprint density at radius 2 is 2.00 bits per heavy atom. The molecule has 0 saturated carbocycles. The van der Waals surface area contributed by atoms with Gasteiger partial charge in [-0.1, -0.05) is 26.0 Å². The maximum atomic E-state index is 12.5. The minimum atomic E-state index is -0.607. The number of nitrogens with zero attached hydrogens (tertiary/aromatic N) is 2. The van der Waals surface area contributed by atoms with Crippen LogP contribution in [-0.2, 0) is 6.61 Å². The fourth-order valence-electron chi connectivity index (χ4n) is 3.00. The monoisotopic (exact) mass is 419 g/mol. The lowest BCUT2D eigenvalue weighted by Gasteiger charge is -2.14. The van der Waals surface area contributed by atoms with Gasteiger partial charge in [0.05, 0.1) is 16.2 Å². The number of hydrogen-bond donors (Lipinski definition) is 1. The van der Waals surface area contributed by atoms with Gasteiger partial charge in [-0.15, -0.1) is 0 Å². The summed E-state index contributed by atoms with van der Waals surface area (Å²) < 4.78 is 11.5. The Morgan fingerprint density at radius 1 is 1.23 bits per heavy atom. The van der Waals surface area contributed by atoms with Crippen LogP contribution in [-0.4, -0.2) is 10.8 Å². The number of furan rings is 1. The number of aryl methyl sites for hydroxylation is 1. The van der Waals surface area contributed by atoms with Crippen molar-refractivity contribution < 1.29 is 18.9 Å². The second kappa shape index (κ2) is 9.13. The van der Waals surface area contributed by atoms with Crippen LogP contribution >= 0.6 is 0 Å². The number of amides is 1. The van der Waals surface area contributed by atoms with E-state index in [0.717, 1.165) is 22.9 Å². The summed E-state index contributed by atoms with van der Waals surface area (Å²) >= 11 is 0. The molecule has 2 aromatic carbocycles. The fourth-order valence-corrected chi connectivity index (χ4v) is 3.00. The molecule has 0 fully saturated rings. The summed E-state index contributed by atoms with van der Waals surface area (Å²) in [6, 6.07) is 14.6. The minimum absolute atomic E-state index is 0.0154. The van der Waals surface area contributed by atoms with Gasteiger partial charge in [0.1, 0.15) is 24.2 Å². The molecule has 1 N–H and O–H groups in total. The van der Waals surface area contributed by atoms with Crippen molar-refractivity contribution >= 4 is 17.3 Å². The summed E-state index contributed by atoms with van der Waals surface area (Å²) in [5.74, 6) is 0.987. The number of rotatable bonds is 7. The van der Waals surface area contributed by atoms with Crippen LogP contribution in [0.2, 0.25) is 0 Å². The van der Waals surface area contributed by atoms with Gasteiger partial charge < -0.3 is 14.5 Å². The molecule has 0 aliphatic carbocycles. The van der Waals surface area contributed by atoms with E-state index in [0.29, 0.717) is 11.7 Å². The van der Waals surface area contributed by atoms with E-state index < -0.39 is 10.8 Å². The second-order valence-electron chi connectivity index (χ2n) is 7.30. The molecule has 8 heteroatoms. The van der Waals surface area contributed by atoms with Gasteiger partial charge >= 0.3 is 0 Å². The third-order valence-corrected chi connectivity index (χ3v) is 4.63. The Morgan fingerprint density at radius 3 is 2.68 bits per heavy atom. The lowest BCUT2D eigenvalue weighted by atomic mass is 10.0. The fraction of sp³-hybridized carbons (Fsp3) is 0.217. The van der Waals surface area contributed by atoms with Crippen LogP contribution in [0.5, 0.6) is 5.75 Å². The van der Waals surface area contributed by atoms with Gasteiger partial charge in [-0.2, -0.15) is 5.26 Å². The minimum Gasteiger partial charge on any atom is -0.485 e. The summed E-state index contributed by atoms with van der Waals surface area (Å²) in [7, 11) is 0. The largest absolute Gasteiger partial charge is 0.485 e. The van der Waals surface area contributed by atoms with Crippen molar-refractivity contribution in [3.63, 3.8) is 0 Å². The number of ether oxygens (including phenoxy) is 1. The Hall–Kier alpha value is -4.12. The zero-order valence-corrected chi connectivity index (χ0v) is 17.3. The predicted octanol–water partition coefficient (Wildman–Crippen LogP) is 5.32. The molecule has 0 bridgehead atoms. The van der Waals surface area contributed by atoms with Crippen molar-refractivity contribution in [3.05, 3.63) is 86.9 Å². The first-order valence-corrected chi connectivity index (χ1v) is 9.60. The van der Waals surface area contributed by atoms with Crippen LogP contribution in [0.4, 0.5) is 11.4 Å². The van der Waals surface area contributed by atoms with Gasteiger partial charge in [-0.05, 0) is 48.2 Å². The molecular formula is C23H21N3O5. The molecule has 158 valence electrons. The molecule has 1 aromatic heterocycles. The molecule has 0 saturated heterocycles. The molecule has 0 radical (unpaired) electrons. The van der Waals surface area contributed by atoms with E-state index in [1.807, 2.05) is 31.2 Å². The number of carbonyl (C=O) groups excluding carboxylic acids is 1. The molecular weight excluding hydrogens is 398 g/mol. The van der Waals surface area contributed by atoms with Crippen molar-refractivity contribution in [2.75, 3.05) is 5.32 Å². The normalized spacial score (nSPS) is 10.5. The molecule has 3 aromatic rings. The zero-order chi connectivity index (χ0) is 22.5. The number of nitro benzene ring substituents is 1. The van der Waals surface area contributed by atoms with Crippen molar-refractivity contribution in [3.8, 4) is 11.8 Å². The number of carbonyl (C=O) groups is 1. The number of nitriles is 1. The average Bonchev–Trinajstić information content (AvgIpc) is 3.21. The van der Waals surface area contributed by atoms with E-state index in [1.165, 1.54) is 18.2 Å². The molecule has 1 heterocycles. The van der Waals surface area contributed by atoms with Crippen LogP contribution in [0.25, 0.3) is 0 Å². The van der Waals surface area contributed by atoms with Crippen molar-refractivity contribution in [2.45, 2.75) is 33.3 Å². The predicted molar refractivity (Wildman–Crippen MR) is 114 cm³/mol. The highest BCUT2D eigenvalue weighted by molar-refractivity contribution is 6.03. The third kappa shape index (κ3) is 5.08. The van der Waals surface area contributed by atoms with E-state index in [2.05, 4.69) is 19.2 Å². The molecule has 1 amide bonds. The molecule has 0 atom stereocenters. The Kier molecular flexibility index (Phi) is 6.36. The highest BCUT2D eigenvalue weighted by atomic mass is 16.6. The van der Waals surface area contributed by atoms with Crippen LogP contribution in [0.15, 0.2) is 52.9 Å². The van der Waals surface area contributed by atoms with Gasteiger partial charge in [-0.3, -0.25) is 14.9 Å². The SMILES string of the molecule is Cc1ccc(C(C)C)c(OCc2ccc(C(=O)Nc3ccc([N+](=O)[O-])cc3C#N)o2)c1. The summed E-state index contributed by atoms with van der Waals surface area (Å²) in [4.78, 5) is 22.7. The van der Waals surface area contributed by atoms with Gasteiger partial charge in [0.15, 0.2) is 5.76 Å². The summed E-state index contributed by atoms with van der Waals surface area (Å²) in [6.45, 7) is 6.30. The lowest BCUT2D eigenvalue weighted by molar-refractivity contribution is -0.384. The first-order chi connectivity index (χ1) is 14.8. The lowest BCUT2D eigenvalue weighted by Crippen LogP contribution is -2.12. The standard InChI is InChI=1S/C23H21N3O5/c1-14(2)19-7-4-15(3)10-22(19)30-13-18-6-9-21(31-18)23(27)25-20-8-5-17(26(28)29)11-16(20)12-24/h4-11,14H,13H2,1-3H3,(H,25,27). The molecule has 0 unspecified atom stereocenters. The van der Waals surface area contributed by atoms with Crippen molar-refractivity contribution in [1.29, 1.82) is 5.26 Å². The number of anilines is 1. The van der Waals surface area contributed by atoms with E-state index in [-0.39, 0.29) is 29.3 Å². The van der Waals surface area contributed by atoms with Crippen molar-refractivity contribution in [2.24, 2.45) is 0 Å². The smallest absolute Gasteiger partial charge is 0.291 e. The molecule has 8 nitrogen and oxygen atoms in total. The van der Waals surface area contributed by atoms with Crippen molar-refractivity contribution in [1.82, 2.24) is 0 Å². The van der Waals surface area contributed by atoms with Crippen LogP contribution in [0.3, 0.4) is 0 Å². The molecule has 0 aliphatic rings. The average molecular weight is 419 g/mol. The molecule has 3 rings (SSSR count). The molecule has 0 aliphatic heterocycles. The highest BCUT2D eigenvalue weighted by Crippen LogP contribution is 2.28. The molecule has 0 spiro atoms. The number of benzene rings is 2. The van der Waals surface area contributed by atoms with Gasteiger partial charge in [0, 0.05) is 12.1 Å². The quantitative estimate of drug-likeness (QED) is 0.409. The zero-order valence-electron chi connectivity index (χ0n) is 17.3. The number of non-ortho nitro benzene ring substituents is 1. The first-order valence-electron chi connectivity index (χ1n) is 9.60. The summed E-state index contributed by atoms with van der Waals surface area (Å²) in [6.07, 6.45) is 0. The van der Waals surface area contributed by atoms with E-state index in [1.54, 1.807) is 6.07 Å². The third-order valence-electron chi connectivity index (χ3n) is 4.63. The highest BCUT2D eigenvalue weighted by Gasteiger charge is 2.17. The van der Waals surface area contributed by atoms with Crippen LogP contribution < -0.4 is 10.1 Å². The first kappa shape index (κ1) is 21.6. The second-order valence-corrected chi connectivity index (χ2v) is 7.30. The maximum absolute atomic E-state index is 12.5.